The highest BCUT2D eigenvalue weighted by Gasteiger charge is 2.63. The van der Waals surface area contributed by atoms with E-state index in [1.54, 1.807) is 0 Å². The number of hydrogen-bond donors (Lipinski definition) is 2. The summed E-state index contributed by atoms with van der Waals surface area (Å²) in [5.41, 5.74) is 0. The molecule has 0 spiro atoms. The first-order valence-electron chi connectivity index (χ1n) is 10.4. The van der Waals surface area contributed by atoms with Crippen molar-refractivity contribution in [2.24, 2.45) is 0 Å². The first-order chi connectivity index (χ1) is 12.7. The van der Waals surface area contributed by atoms with E-state index < -0.39 is 20.2 Å². The van der Waals surface area contributed by atoms with Gasteiger partial charge in [-0.3, -0.25) is 9.69 Å². The minimum atomic E-state index is -1.89. The average Bonchev–Trinajstić information content (AvgIpc) is 3.09. The maximum Gasteiger partial charge on any atom is 0.216 e. The zero-order chi connectivity index (χ0) is 21.1. The predicted octanol–water partition coefficient (Wildman–Crippen LogP) is 1.85. The molecule has 0 aliphatic carbocycles. The Morgan fingerprint density at radius 3 is 2.46 bits per heavy atom. The molecule has 3 aliphatic heterocycles. The zero-order valence-corrected chi connectivity index (χ0v) is 19.6. The lowest BCUT2D eigenvalue weighted by atomic mass is 10.0. The van der Waals surface area contributed by atoms with Crippen LogP contribution in [0, 0.1) is 0 Å². The SMILES string of the molecule is CC(=O)NC[C@@H]1[C@H]2OC(C)(C)O[C@H]2[C@H]2[C@H](O)C[C@H](CO[Si](C)(C)C(C)(C)C)N21. The van der Waals surface area contributed by atoms with Crippen molar-refractivity contribution in [3.63, 3.8) is 0 Å². The summed E-state index contributed by atoms with van der Waals surface area (Å²) < 4.78 is 18.9. The fourth-order valence-electron chi connectivity index (χ4n) is 4.56. The summed E-state index contributed by atoms with van der Waals surface area (Å²) in [6.07, 6.45) is -0.192. The average molecular weight is 415 g/mol. The molecule has 28 heavy (non-hydrogen) atoms. The zero-order valence-electron chi connectivity index (χ0n) is 18.6. The summed E-state index contributed by atoms with van der Waals surface area (Å²) in [7, 11) is -1.89. The third-order valence-corrected chi connectivity index (χ3v) is 11.4. The van der Waals surface area contributed by atoms with E-state index in [0.29, 0.717) is 19.6 Å². The van der Waals surface area contributed by atoms with E-state index in [-0.39, 0.29) is 41.3 Å². The molecule has 0 radical (unpaired) electrons. The monoisotopic (exact) mass is 414 g/mol. The molecule has 3 aliphatic rings. The Morgan fingerprint density at radius 1 is 1.29 bits per heavy atom. The summed E-state index contributed by atoms with van der Waals surface area (Å²) in [6, 6.07) is -0.0711. The number of fused-ring (bicyclic) bond motifs is 3. The van der Waals surface area contributed by atoms with Crippen LogP contribution in [0.4, 0.5) is 0 Å². The van der Waals surface area contributed by atoms with Gasteiger partial charge < -0.3 is 24.3 Å². The number of aliphatic hydroxyl groups excluding tert-OH is 1. The molecule has 0 saturated carbocycles. The summed E-state index contributed by atoms with van der Waals surface area (Å²) in [5.74, 6) is -0.738. The van der Waals surface area contributed by atoms with Crippen LogP contribution in [0.5, 0.6) is 0 Å². The van der Waals surface area contributed by atoms with E-state index >= 15 is 0 Å². The van der Waals surface area contributed by atoms with Crippen molar-refractivity contribution >= 4 is 14.2 Å². The third kappa shape index (κ3) is 4.04. The molecule has 162 valence electrons. The number of nitrogens with zero attached hydrogens (tertiary/aromatic N) is 1. The van der Waals surface area contributed by atoms with Crippen LogP contribution in [0.25, 0.3) is 0 Å². The second-order valence-corrected chi connectivity index (χ2v) is 15.3. The quantitative estimate of drug-likeness (QED) is 0.669. The predicted molar refractivity (Wildman–Crippen MR) is 109 cm³/mol. The number of aliphatic hydroxyl groups is 1. The fourth-order valence-corrected chi connectivity index (χ4v) is 5.60. The molecule has 3 rings (SSSR count). The minimum absolute atomic E-state index is 0.0363. The Morgan fingerprint density at radius 2 is 1.89 bits per heavy atom. The largest absolute Gasteiger partial charge is 0.415 e. The molecule has 0 aromatic carbocycles. The molecule has 0 aromatic rings. The van der Waals surface area contributed by atoms with Crippen LogP contribution < -0.4 is 5.32 Å². The molecular formula is C20H38N2O5Si. The molecule has 8 heteroatoms. The van der Waals surface area contributed by atoms with Crippen LogP contribution in [-0.2, 0) is 18.7 Å². The Kier molecular flexibility index (Phi) is 5.80. The van der Waals surface area contributed by atoms with E-state index in [1.165, 1.54) is 6.92 Å². The molecule has 0 aromatic heterocycles. The highest BCUT2D eigenvalue weighted by atomic mass is 28.4. The third-order valence-electron chi connectivity index (χ3n) is 6.94. The van der Waals surface area contributed by atoms with Crippen molar-refractivity contribution in [1.29, 1.82) is 0 Å². The Hall–Kier alpha value is -0.513. The molecule has 0 bridgehead atoms. The van der Waals surface area contributed by atoms with Crippen LogP contribution in [0.1, 0.15) is 48.0 Å². The molecule has 0 unspecified atom stereocenters. The molecule has 3 saturated heterocycles. The Labute approximate surface area is 170 Å². The van der Waals surface area contributed by atoms with Crippen molar-refractivity contribution in [2.75, 3.05) is 13.2 Å². The van der Waals surface area contributed by atoms with Gasteiger partial charge in [-0.2, -0.15) is 0 Å². The molecule has 3 fully saturated rings. The standard InChI is InChI=1S/C20H38N2O5Si/c1-12(23)21-10-14-17-18(27-20(5,6)26-17)16-15(24)9-13(22(14)16)11-25-28(7,8)19(2,3)4/h13-18,24H,9-11H2,1-8H3,(H,21,23)/t13-,14-,15-,16-,17-,18+/m1/s1. The van der Waals surface area contributed by atoms with Gasteiger partial charge in [0.15, 0.2) is 14.1 Å². The number of hydrogen-bond acceptors (Lipinski definition) is 6. The summed E-state index contributed by atoms with van der Waals surface area (Å²) >= 11 is 0. The number of amides is 1. The number of ether oxygens (including phenoxy) is 2. The normalized spacial score (nSPS) is 37.8. The lowest BCUT2D eigenvalue weighted by Crippen LogP contribution is -2.52. The van der Waals surface area contributed by atoms with Gasteiger partial charge in [-0.1, -0.05) is 20.8 Å². The lowest BCUT2D eigenvalue weighted by molar-refractivity contribution is -0.170. The van der Waals surface area contributed by atoms with Gasteiger partial charge in [0.05, 0.1) is 18.2 Å². The van der Waals surface area contributed by atoms with Crippen molar-refractivity contribution in [2.45, 2.75) is 108 Å². The maximum absolute atomic E-state index is 11.6. The summed E-state index contributed by atoms with van der Waals surface area (Å²) in [5, 5.41) is 13.9. The van der Waals surface area contributed by atoms with Crippen molar-refractivity contribution in [3.8, 4) is 0 Å². The van der Waals surface area contributed by atoms with Gasteiger partial charge in [-0.15, -0.1) is 0 Å². The molecular weight excluding hydrogens is 376 g/mol. The molecule has 1 amide bonds. The first kappa shape index (κ1) is 22.2. The number of rotatable bonds is 5. The first-order valence-corrected chi connectivity index (χ1v) is 13.3. The topological polar surface area (TPSA) is 80.3 Å². The van der Waals surface area contributed by atoms with Crippen molar-refractivity contribution < 1.29 is 23.8 Å². The van der Waals surface area contributed by atoms with Gasteiger partial charge in [0, 0.05) is 26.1 Å². The van der Waals surface area contributed by atoms with Crippen LogP contribution in [0.2, 0.25) is 18.1 Å². The minimum Gasteiger partial charge on any atom is -0.415 e. The number of carbonyl (C=O) groups is 1. The van der Waals surface area contributed by atoms with E-state index in [2.05, 4.69) is 44.1 Å². The smallest absolute Gasteiger partial charge is 0.216 e. The second-order valence-electron chi connectivity index (χ2n) is 10.5. The molecule has 3 heterocycles. The van der Waals surface area contributed by atoms with Gasteiger partial charge in [-0.05, 0) is 38.4 Å². The van der Waals surface area contributed by atoms with E-state index in [9.17, 15) is 9.90 Å². The van der Waals surface area contributed by atoms with Crippen molar-refractivity contribution in [1.82, 2.24) is 10.2 Å². The second kappa shape index (κ2) is 7.32. The van der Waals surface area contributed by atoms with Gasteiger partial charge >= 0.3 is 0 Å². The van der Waals surface area contributed by atoms with E-state index in [1.807, 2.05) is 13.8 Å². The maximum atomic E-state index is 11.6. The summed E-state index contributed by atoms with van der Waals surface area (Å²) in [6.45, 7) is 17.6. The van der Waals surface area contributed by atoms with Crippen LogP contribution in [0.15, 0.2) is 0 Å². The van der Waals surface area contributed by atoms with Gasteiger partial charge in [0.2, 0.25) is 5.91 Å². The Balaban J connectivity index is 1.79. The molecule has 2 N–H and O–H groups in total. The Bertz CT molecular complexity index is 606. The van der Waals surface area contributed by atoms with Gasteiger partial charge in [-0.25, -0.2) is 0 Å². The van der Waals surface area contributed by atoms with Gasteiger partial charge in [0.1, 0.15) is 12.2 Å². The van der Waals surface area contributed by atoms with Gasteiger partial charge in [0.25, 0.3) is 0 Å². The van der Waals surface area contributed by atoms with Crippen LogP contribution in [-0.4, -0.2) is 79.6 Å². The molecule has 7 nitrogen and oxygen atoms in total. The van der Waals surface area contributed by atoms with E-state index in [0.717, 1.165) is 0 Å². The highest BCUT2D eigenvalue weighted by Crippen LogP contribution is 2.47. The lowest BCUT2D eigenvalue weighted by Gasteiger charge is -2.39. The van der Waals surface area contributed by atoms with E-state index in [4.69, 9.17) is 13.9 Å². The van der Waals surface area contributed by atoms with Crippen LogP contribution in [0.3, 0.4) is 0 Å². The highest BCUT2D eigenvalue weighted by molar-refractivity contribution is 6.74. The van der Waals surface area contributed by atoms with Crippen LogP contribution >= 0.6 is 0 Å². The fraction of sp³-hybridized carbons (Fsp3) is 0.950. The number of nitrogens with one attached hydrogen (secondary N) is 1. The summed E-state index contributed by atoms with van der Waals surface area (Å²) in [4.78, 5) is 13.9. The van der Waals surface area contributed by atoms with Crippen molar-refractivity contribution in [3.05, 3.63) is 0 Å². The molecule has 6 atom stereocenters. The number of carbonyl (C=O) groups excluding carboxylic acids is 1.